The largest absolute Gasteiger partial charge is 0.382 e. The molecule has 1 aromatic heterocycles. The molecule has 0 unspecified atom stereocenters. The number of nitrogen functional groups attached to an aromatic ring is 1. The zero-order chi connectivity index (χ0) is 10.3. The van der Waals surface area contributed by atoms with E-state index in [0.29, 0.717) is 5.82 Å². The molecule has 2 heterocycles. The van der Waals surface area contributed by atoms with Gasteiger partial charge in [-0.1, -0.05) is 19.3 Å². The summed E-state index contributed by atoms with van der Waals surface area (Å²) in [5.74, 6) is 0.698. The van der Waals surface area contributed by atoms with E-state index in [-0.39, 0.29) is 0 Å². The Morgan fingerprint density at radius 1 is 1.20 bits per heavy atom. The number of aromatic amines is 1. The van der Waals surface area contributed by atoms with Crippen molar-refractivity contribution < 1.29 is 0 Å². The van der Waals surface area contributed by atoms with Crippen LogP contribution in [-0.2, 0) is 13.1 Å². The lowest BCUT2D eigenvalue weighted by atomic mass is 9.94. The fourth-order valence-corrected chi connectivity index (χ4v) is 2.89. The summed E-state index contributed by atoms with van der Waals surface area (Å²) in [7, 11) is 0. The molecule has 1 aliphatic heterocycles. The predicted molar refractivity (Wildman–Crippen MR) is 59.1 cm³/mol. The van der Waals surface area contributed by atoms with Crippen molar-refractivity contribution >= 4 is 5.82 Å². The molecular weight excluding hydrogens is 188 g/mol. The van der Waals surface area contributed by atoms with Crippen LogP contribution in [0.3, 0.4) is 0 Å². The minimum absolute atomic E-state index is 0.698. The van der Waals surface area contributed by atoms with E-state index >= 15 is 0 Å². The molecule has 0 bridgehead atoms. The average molecular weight is 206 g/mol. The molecular formula is C11H18N4. The number of nitrogens with two attached hydrogens (primary N) is 1. The van der Waals surface area contributed by atoms with E-state index in [1.54, 1.807) is 0 Å². The van der Waals surface area contributed by atoms with Gasteiger partial charge in [-0.2, -0.15) is 5.10 Å². The summed E-state index contributed by atoms with van der Waals surface area (Å²) in [5.41, 5.74) is 8.29. The second-order valence-corrected chi connectivity index (χ2v) is 4.76. The van der Waals surface area contributed by atoms with Gasteiger partial charge in [0.25, 0.3) is 0 Å². The third-order valence-electron chi connectivity index (χ3n) is 3.80. The molecule has 0 radical (unpaired) electrons. The number of H-pyrrole nitrogens is 1. The van der Waals surface area contributed by atoms with Gasteiger partial charge in [0, 0.05) is 24.7 Å². The summed E-state index contributed by atoms with van der Waals surface area (Å²) in [6.45, 7) is 2.02. The summed E-state index contributed by atoms with van der Waals surface area (Å²) >= 11 is 0. The smallest absolute Gasteiger partial charge is 0.150 e. The van der Waals surface area contributed by atoms with Crippen LogP contribution in [0.1, 0.15) is 43.4 Å². The van der Waals surface area contributed by atoms with Gasteiger partial charge in [-0.3, -0.25) is 10.00 Å². The molecule has 0 amide bonds. The molecule has 2 aliphatic rings. The summed E-state index contributed by atoms with van der Waals surface area (Å²) in [4.78, 5) is 2.55. The first-order chi connectivity index (χ1) is 7.34. The van der Waals surface area contributed by atoms with E-state index in [4.69, 9.17) is 5.73 Å². The zero-order valence-electron chi connectivity index (χ0n) is 9.00. The van der Waals surface area contributed by atoms with Crippen LogP contribution in [0.4, 0.5) is 5.82 Å². The van der Waals surface area contributed by atoms with Crippen molar-refractivity contribution in [3.8, 4) is 0 Å². The Bertz CT molecular complexity index is 351. The minimum Gasteiger partial charge on any atom is -0.382 e. The third kappa shape index (κ3) is 1.53. The van der Waals surface area contributed by atoms with Gasteiger partial charge in [-0.25, -0.2) is 0 Å². The average Bonchev–Trinajstić information content (AvgIpc) is 2.83. The Hall–Kier alpha value is -1.03. The molecule has 82 valence electrons. The van der Waals surface area contributed by atoms with Gasteiger partial charge >= 0.3 is 0 Å². The number of aromatic nitrogens is 2. The van der Waals surface area contributed by atoms with Gasteiger partial charge in [0.2, 0.25) is 0 Å². The maximum Gasteiger partial charge on any atom is 0.150 e. The molecule has 0 spiro atoms. The van der Waals surface area contributed by atoms with Crippen LogP contribution in [-0.4, -0.2) is 21.1 Å². The first-order valence-corrected chi connectivity index (χ1v) is 5.90. The van der Waals surface area contributed by atoms with Gasteiger partial charge in [0.15, 0.2) is 0 Å². The topological polar surface area (TPSA) is 57.9 Å². The fraction of sp³-hybridized carbons (Fsp3) is 0.727. The van der Waals surface area contributed by atoms with Crippen LogP contribution in [0.2, 0.25) is 0 Å². The zero-order valence-corrected chi connectivity index (χ0v) is 9.00. The van der Waals surface area contributed by atoms with Crippen molar-refractivity contribution in [2.45, 2.75) is 51.2 Å². The summed E-state index contributed by atoms with van der Waals surface area (Å²) < 4.78 is 0. The number of nitrogens with zero attached hydrogens (tertiary/aromatic N) is 2. The highest BCUT2D eigenvalue weighted by atomic mass is 15.2. The van der Waals surface area contributed by atoms with E-state index in [9.17, 15) is 0 Å². The van der Waals surface area contributed by atoms with Crippen molar-refractivity contribution in [3.05, 3.63) is 11.3 Å². The number of hydrogen-bond donors (Lipinski definition) is 2. The Balaban J connectivity index is 1.72. The predicted octanol–water partition coefficient (Wildman–Crippen LogP) is 1.64. The lowest BCUT2D eigenvalue weighted by Gasteiger charge is -2.30. The maximum atomic E-state index is 5.81. The van der Waals surface area contributed by atoms with Crippen LogP contribution >= 0.6 is 0 Å². The Kier molecular flexibility index (Phi) is 2.16. The molecule has 1 aromatic rings. The molecule has 1 saturated carbocycles. The molecule has 1 fully saturated rings. The van der Waals surface area contributed by atoms with Crippen molar-refractivity contribution in [1.29, 1.82) is 0 Å². The molecule has 4 heteroatoms. The van der Waals surface area contributed by atoms with E-state index < -0.39 is 0 Å². The Morgan fingerprint density at radius 3 is 2.73 bits per heavy atom. The van der Waals surface area contributed by atoms with Gasteiger partial charge < -0.3 is 5.73 Å². The highest BCUT2D eigenvalue weighted by Crippen LogP contribution is 2.31. The first-order valence-electron chi connectivity index (χ1n) is 5.90. The van der Waals surface area contributed by atoms with E-state index in [0.717, 1.165) is 19.1 Å². The van der Waals surface area contributed by atoms with Crippen molar-refractivity contribution in [3.63, 3.8) is 0 Å². The Labute approximate surface area is 89.8 Å². The van der Waals surface area contributed by atoms with Crippen LogP contribution < -0.4 is 5.73 Å². The van der Waals surface area contributed by atoms with Gasteiger partial charge in [0.1, 0.15) is 5.82 Å². The van der Waals surface area contributed by atoms with Crippen LogP contribution in [0.5, 0.6) is 0 Å². The standard InChI is InChI=1S/C11H18N4/c12-11-9-6-15(7-10(9)13-14-11)8-4-2-1-3-5-8/h8H,1-7H2,(H3,12,13,14). The Morgan fingerprint density at radius 2 is 2.00 bits per heavy atom. The number of fused-ring (bicyclic) bond motifs is 1. The molecule has 3 rings (SSSR count). The number of anilines is 1. The first kappa shape index (κ1) is 9.21. The van der Waals surface area contributed by atoms with Crippen molar-refractivity contribution in [1.82, 2.24) is 15.1 Å². The van der Waals surface area contributed by atoms with Crippen LogP contribution in [0.25, 0.3) is 0 Å². The summed E-state index contributed by atoms with van der Waals surface area (Å²) in [6.07, 6.45) is 6.92. The quantitative estimate of drug-likeness (QED) is 0.734. The third-order valence-corrected chi connectivity index (χ3v) is 3.80. The highest BCUT2D eigenvalue weighted by molar-refractivity contribution is 5.43. The SMILES string of the molecule is Nc1n[nH]c2c1CN(C1CCCCC1)C2. The molecule has 0 saturated heterocycles. The van der Waals surface area contributed by atoms with E-state index in [2.05, 4.69) is 15.1 Å². The number of rotatable bonds is 1. The normalized spacial score (nSPS) is 23.2. The van der Waals surface area contributed by atoms with E-state index in [1.165, 1.54) is 43.4 Å². The molecule has 1 aliphatic carbocycles. The molecule has 4 nitrogen and oxygen atoms in total. The highest BCUT2D eigenvalue weighted by Gasteiger charge is 2.29. The second-order valence-electron chi connectivity index (χ2n) is 4.76. The minimum atomic E-state index is 0.698. The number of hydrogen-bond acceptors (Lipinski definition) is 3. The summed E-state index contributed by atoms with van der Waals surface area (Å²) in [6, 6.07) is 0.777. The van der Waals surface area contributed by atoms with Crippen LogP contribution in [0.15, 0.2) is 0 Å². The fourth-order valence-electron chi connectivity index (χ4n) is 2.89. The van der Waals surface area contributed by atoms with Crippen molar-refractivity contribution in [2.75, 3.05) is 5.73 Å². The molecule has 15 heavy (non-hydrogen) atoms. The van der Waals surface area contributed by atoms with Crippen molar-refractivity contribution in [2.24, 2.45) is 0 Å². The van der Waals surface area contributed by atoms with Gasteiger partial charge in [-0.15, -0.1) is 0 Å². The summed E-state index contributed by atoms with van der Waals surface area (Å²) in [5, 5.41) is 7.08. The maximum absolute atomic E-state index is 5.81. The molecule has 0 atom stereocenters. The van der Waals surface area contributed by atoms with Gasteiger partial charge in [-0.05, 0) is 12.8 Å². The second kappa shape index (κ2) is 3.52. The van der Waals surface area contributed by atoms with Crippen LogP contribution in [0, 0.1) is 0 Å². The monoisotopic (exact) mass is 206 g/mol. The van der Waals surface area contributed by atoms with E-state index in [1.807, 2.05) is 0 Å². The lowest BCUT2D eigenvalue weighted by molar-refractivity contribution is 0.155. The lowest BCUT2D eigenvalue weighted by Crippen LogP contribution is -2.32. The van der Waals surface area contributed by atoms with Gasteiger partial charge in [0.05, 0.1) is 5.69 Å². The molecule has 3 N–H and O–H groups in total. The number of nitrogens with one attached hydrogen (secondary N) is 1. The molecule has 0 aromatic carbocycles.